The molecule has 0 aliphatic heterocycles. The van der Waals surface area contributed by atoms with Gasteiger partial charge in [0.1, 0.15) is 12.2 Å². The van der Waals surface area contributed by atoms with Crippen LogP contribution >= 0.6 is 11.3 Å². The minimum absolute atomic E-state index is 0.144. The standard InChI is InChI=1S/C10H6N2O2S/c11-4-3-8(14)10-12-7-2-1-6(13)5-9(7)15-10/h1-2,5,13H,3H2. The number of phenolic OH excluding ortho intramolecular Hbond substituents is 1. The Hall–Kier alpha value is -1.93. The first-order valence-electron chi connectivity index (χ1n) is 4.20. The zero-order chi connectivity index (χ0) is 10.8. The highest BCUT2D eigenvalue weighted by atomic mass is 32.1. The number of benzene rings is 1. The third-order valence-corrected chi connectivity index (χ3v) is 2.91. The Bertz CT molecular complexity index is 568. The molecule has 0 fully saturated rings. The van der Waals surface area contributed by atoms with Crippen LogP contribution in [0, 0.1) is 11.3 Å². The van der Waals surface area contributed by atoms with Crippen molar-refractivity contribution in [1.82, 2.24) is 4.98 Å². The van der Waals surface area contributed by atoms with Crippen LogP contribution in [-0.4, -0.2) is 15.9 Å². The first-order chi connectivity index (χ1) is 7.20. The summed E-state index contributed by atoms with van der Waals surface area (Å²) in [5, 5.41) is 17.9. The van der Waals surface area contributed by atoms with Gasteiger partial charge in [0.2, 0.25) is 5.78 Å². The molecule has 2 rings (SSSR count). The average Bonchev–Trinajstić information content (AvgIpc) is 2.60. The Kier molecular flexibility index (Phi) is 2.35. The number of hydrogen-bond acceptors (Lipinski definition) is 5. The average molecular weight is 218 g/mol. The molecule has 0 saturated carbocycles. The van der Waals surface area contributed by atoms with Gasteiger partial charge in [0.15, 0.2) is 5.01 Å². The largest absolute Gasteiger partial charge is 0.508 e. The number of aromatic hydroxyl groups is 1. The number of hydrogen-bond donors (Lipinski definition) is 1. The van der Waals surface area contributed by atoms with E-state index in [-0.39, 0.29) is 18.0 Å². The maximum absolute atomic E-state index is 11.4. The van der Waals surface area contributed by atoms with Gasteiger partial charge in [-0.25, -0.2) is 4.98 Å². The summed E-state index contributed by atoms with van der Waals surface area (Å²) in [4.78, 5) is 15.4. The molecule has 0 saturated heterocycles. The molecule has 1 aromatic carbocycles. The van der Waals surface area contributed by atoms with E-state index in [0.717, 1.165) is 4.70 Å². The molecule has 0 spiro atoms. The van der Waals surface area contributed by atoms with Crippen LogP contribution in [0.15, 0.2) is 18.2 Å². The van der Waals surface area contributed by atoms with Crippen LogP contribution in [0.25, 0.3) is 10.2 Å². The summed E-state index contributed by atoms with van der Waals surface area (Å²) >= 11 is 1.19. The fourth-order valence-electron chi connectivity index (χ4n) is 1.18. The lowest BCUT2D eigenvalue weighted by Crippen LogP contribution is -1.95. The normalized spacial score (nSPS) is 10.1. The van der Waals surface area contributed by atoms with Crippen LogP contribution in [-0.2, 0) is 0 Å². The Balaban J connectivity index is 2.48. The lowest BCUT2D eigenvalue weighted by atomic mass is 10.3. The van der Waals surface area contributed by atoms with Gasteiger partial charge in [-0.1, -0.05) is 0 Å². The van der Waals surface area contributed by atoms with Gasteiger partial charge in [-0.05, 0) is 18.2 Å². The first-order valence-corrected chi connectivity index (χ1v) is 5.02. The van der Waals surface area contributed by atoms with Crippen LogP contribution in [0.3, 0.4) is 0 Å². The monoisotopic (exact) mass is 218 g/mol. The predicted molar refractivity (Wildman–Crippen MR) is 55.8 cm³/mol. The van der Waals surface area contributed by atoms with Crippen molar-refractivity contribution in [1.29, 1.82) is 5.26 Å². The summed E-state index contributed by atoms with van der Waals surface area (Å²) in [6.45, 7) is 0. The molecule has 0 atom stereocenters. The van der Waals surface area contributed by atoms with Gasteiger partial charge in [0.25, 0.3) is 0 Å². The van der Waals surface area contributed by atoms with Crippen molar-refractivity contribution in [3.05, 3.63) is 23.2 Å². The Morgan fingerprint density at radius 3 is 3.13 bits per heavy atom. The first kappa shape index (κ1) is 9.62. The van der Waals surface area contributed by atoms with Crippen molar-refractivity contribution in [3.8, 4) is 11.8 Å². The topological polar surface area (TPSA) is 74.0 Å². The molecule has 2 aromatic rings. The van der Waals surface area contributed by atoms with Crippen LogP contribution in [0.4, 0.5) is 0 Å². The number of carbonyl (C=O) groups is 1. The summed E-state index contributed by atoms with van der Waals surface area (Å²) in [5.74, 6) is -0.136. The number of thiazole rings is 1. The molecule has 1 aromatic heterocycles. The highest BCUT2D eigenvalue weighted by Crippen LogP contribution is 2.26. The van der Waals surface area contributed by atoms with Gasteiger partial charge in [-0.2, -0.15) is 5.26 Å². The number of carbonyl (C=O) groups excluding carboxylic acids is 1. The van der Waals surface area contributed by atoms with Gasteiger partial charge in [0.05, 0.1) is 16.3 Å². The van der Waals surface area contributed by atoms with E-state index in [4.69, 9.17) is 5.26 Å². The molecule has 0 bridgehead atoms. The molecular formula is C10H6N2O2S. The van der Waals surface area contributed by atoms with Crippen molar-refractivity contribution in [2.45, 2.75) is 6.42 Å². The van der Waals surface area contributed by atoms with E-state index in [1.807, 2.05) is 0 Å². The number of Topliss-reactive ketones (excluding diaryl/α,β-unsaturated/α-hetero) is 1. The molecule has 0 unspecified atom stereocenters. The summed E-state index contributed by atoms with van der Waals surface area (Å²) in [6, 6.07) is 6.50. The van der Waals surface area contributed by atoms with E-state index < -0.39 is 0 Å². The minimum atomic E-state index is -0.279. The van der Waals surface area contributed by atoms with E-state index in [0.29, 0.717) is 10.5 Å². The van der Waals surface area contributed by atoms with Gasteiger partial charge in [-0.15, -0.1) is 11.3 Å². The van der Waals surface area contributed by atoms with E-state index in [1.165, 1.54) is 17.4 Å². The van der Waals surface area contributed by atoms with Crippen molar-refractivity contribution >= 4 is 27.3 Å². The number of phenols is 1. The molecule has 0 aliphatic rings. The minimum Gasteiger partial charge on any atom is -0.508 e. The molecule has 5 heteroatoms. The molecule has 0 amide bonds. The summed E-state index contributed by atoms with van der Waals surface area (Å²) in [6.07, 6.45) is -0.161. The molecule has 0 aliphatic carbocycles. The Morgan fingerprint density at radius 1 is 1.60 bits per heavy atom. The van der Waals surface area contributed by atoms with E-state index in [1.54, 1.807) is 18.2 Å². The van der Waals surface area contributed by atoms with Crippen LogP contribution in [0.1, 0.15) is 16.2 Å². The SMILES string of the molecule is N#CCC(=O)c1nc2ccc(O)cc2s1. The molecule has 4 nitrogen and oxygen atoms in total. The number of nitrogens with zero attached hydrogens (tertiary/aromatic N) is 2. The van der Waals surface area contributed by atoms with Gasteiger partial charge in [-0.3, -0.25) is 4.79 Å². The van der Waals surface area contributed by atoms with Crippen molar-refractivity contribution in [2.24, 2.45) is 0 Å². The van der Waals surface area contributed by atoms with Crippen molar-refractivity contribution < 1.29 is 9.90 Å². The number of rotatable bonds is 2. The molecule has 0 radical (unpaired) electrons. The number of aromatic nitrogens is 1. The third-order valence-electron chi connectivity index (χ3n) is 1.85. The maximum Gasteiger partial charge on any atom is 0.205 e. The van der Waals surface area contributed by atoms with Gasteiger partial charge < -0.3 is 5.11 Å². The second kappa shape index (κ2) is 3.67. The van der Waals surface area contributed by atoms with E-state index in [9.17, 15) is 9.90 Å². The molecule has 74 valence electrons. The maximum atomic E-state index is 11.4. The second-order valence-electron chi connectivity index (χ2n) is 2.93. The molecule has 1 heterocycles. The van der Waals surface area contributed by atoms with Crippen molar-refractivity contribution in [3.63, 3.8) is 0 Å². The quantitative estimate of drug-likeness (QED) is 0.783. The smallest absolute Gasteiger partial charge is 0.205 e. The predicted octanol–water partition coefficient (Wildman–Crippen LogP) is 2.10. The highest BCUT2D eigenvalue weighted by Gasteiger charge is 2.11. The van der Waals surface area contributed by atoms with Crippen LogP contribution < -0.4 is 0 Å². The van der Waals surface area contributed by atoms with Crippen molar-refractivity contribution in [2.75, 3.05) is 0 Å². The zero-order valence-electron chi connectivity index (χ0n) is 7.60. The lowest BCUT2D eigenvalue weighted by Gasteiger charge is -1.87. The zero-order valence-corrected chi connectivity index (χ0v) is 8.41. The number of ketones is 1. The van der Waals surface area contributed by atoms with E-state index >= 15 is 0 Å². The summed E-state index contributed by atoms with van der Waals surface area (Å²) in [5.41, 5.74) is 0.666. The van der Waals surface area contributed by atoms with Crippen LogP contribution in [0.5, 0.6) is 5.75 Å². The molecule has 15 heavy (non-hydrogen) atoms. The lowest BCUT2D eigenvalue weighted by molar-refractivity contribution is 0.0997. The molecule has 1 N–H and O–H groups in total. The van der Waals surface area contributed by atoms with E-state index in [2.05, 4.69) is 4.98 Å². The Morgan fingerprint density at radius 2 is 2.40 bits per heavy atom. The van der Waals surface area contributed by atoms with Gasteiger partial charge >= 0.3 is 0 Å². The fraction of sp³-hybridized carbons (Fsp3) is 0.100. The number of nitriles is 1. The van der Waals surface area contributed by atoms with Crippen LogP contribution in [0.2, 0.25) is 0 Å². The number of fused-ring (bicyclic) bond motifs is 1. The highest BCUT2D eigenvalue weighted by molar-refractivity contribution is 7.20. The Labute approximate surface area is 89.4 Å². The fourth-order valence-corrected chi connectivity index (χ4v) is 2.12. The van der Waals surface area contributed by atoms with Gasteiger partial charge in [0, 0.05) is 0 Å². The third kappa shape index (κ3) is 1.80. The summed E-state index contributed by atoms with van der Waals surface area (Å²) in [7, 11) is 0. The second-order valence-corrected chi connectivity index (χ2v) is 3.96. The molecular weight excluding hydrogens is 212 g/mol. The summed E-state index contributed by atoms with van der Waals surface area (Å²) < 4.78 is 0.747.